The minimum absolute atomic E-state index is 0.0285. The number of aliphatic imine (C=N–C) groups is 1. The van der Waals surface area contributed by atoms with E-state index in [9.17, 15) is 4.91 Å². The fourth-order valence-corrected chi connectivity index (χ4v) is 5.11. The smallest absolute Gasteiger partial charge is 0.238 e. The van der Waals surface area contributed by atoms with E-state index >= 15 is 0 Å². The molecule has 1 aliphatic heterocycles. The van der Waals surface area contributed by atoms with Gasteiger partial charge in [0.25, 0.3) is 0 Å². The third-order valence-electron chi connectivity index (χ3n) is 6.05. The summed E-state index contributed by atoms with van der Waals surface area (Å²) in [6.07, 6.45) is 4.58. The van der Waals surface area contributed by atoms with Crippen molar-refractivity contribution < 1.29 is 4.74 Å². The quantitative estimate of drug-likeness (QED) is 0.202. The summed E-state index contributed by atoms with van der Waals surface area (Å²) in [5.41, 5.74) is 2.16. The maximum absolute atomic E-state index is 11.5. The van der Waals surface area contributed by atoms with Gasteiger partial charge in [0.15, 0.2) is 5.13 Å². The summed E-state index contributed by atoms with van der Waals surface area (Å²) >= 11 is 1.62. The highest BCUT2D eigenvalue weighted by atomic mass is 32.1. The van der Waals surface area contributed by atoms with Crippen LogP contribution in [-0.2, 0) is 0 Å². The molecule has 0 radical (unpaired) electrons. The Kier molecular flexibility index (Phi) is 7.26. The number of ether oxygens (including phenoxy) is 1. The SMILES string of the molecule is CCC=N/C(Oc1ccc(Nc2nc3ccccc3s2)cc1)=C(\C)N1CCCC1C(C)(C)N=O. The molecule has 8 heteroatoms. The number of nitroso groups, excluding NO2 is 1. The number of aromatic nitrogens is 1. The average Bonchev–Trinajstić information content (AvgIpc) is 3.49. The molecule has 4 rings (SSSR count). The fourth-order valence-electron chi connectivity index (χ4n) is 4.22. The molecule has 0 spiro atoms. The molecule has 0 aliphatic carbocycles. The third-order valence-corrected chi connectivity index (χ3v) is 7.00. The number of likely N-dealkylation sites (tertiary alicyclic amines) is 1. The monoisotopic (exact) mass is 477 g/mol. The van der Waals surface area contributed by atoms with E-state index in [2.05, 4.69) is 31.4 Å². The van der Waals surface area contributed by atoms with Gasteiger partial charge in [0.05, 0.1) is 22.0 Å². The Labute approximate surface area is 204 Å². The van der Waals surface area contributed by atoms with Crippen molar-refractivity contribution in [3.05, 3.63) is 65.0 Å². The summed E-state index contributed by atoms with van der Waals surface area (Å²) in [6.45, 7) is 8.68. The Hall–Kier alpha value is -3.26. The maximum Gasteiger partial charge on any atom is 0.238 e. The number of benzene rings is 2. The summed E-state index contributed by atoms with van der Waals surface area (Å²) < 4.78 is 7.38. The van der Waals surface area contributed by atoms with Gasteiger partial charge in [-0.05, 0) is 76.4 Å². The minimum atomic E-state index is -0.675. The summed E-state index contributed by atoms with van der Waals surface area (Å²) in [5.74, 6) is 1.24. The normalized spacial score (nSPS) is 17.3. The zero-order valence-electron chi connectivity index (χ0n) is 20.1. The van der Waals surface area contributed by atoms with Crippen LogP contribution in [-0.4, -0.2) is 34.2 Å². The van der Waals surface area contributed by atoms with Crippen LogP contribution < -0.4 is 10.1 Å². The Morgan fingerprint density at radius 3 is 2.74 bits per heavy atom. The van der Waals surface area contributed by atoms with Crippen molar-refractivity contribution >= 4 is 38.6 Å². The molecule has 178 valence electrons. The van der Waals surface area contributed by atoms with Gasteiger partial charge in [-0.3, -0.25) is 0 Å². The number of para-hydroxylation sites is 1. The molecule has 7 nitrogen and oxygen atoms in total. The number of rotatable bonds is 9. The lowest BCUT2D eigenvalue weighted by molar-refractivity contribution is 0.216. The summed E-state index contributed by atoms with van der Waals surface area (Å²) in [7, 11) is 0. The number of thiazole rings is 1. The number of nitrogens with zero attached hydrogens (tertiary/aromatic N) is 4. The van der Waals surface area contributed by atoms with Gasteiger partial charge in [-0.1, -0.05) is 35.6 Å². The molecule has 2 heterocycles. The van der Waals surface area contributed by atoms with Crippen LogP contribution in [0.5, 0.6) is 5.75 Å². The molecule has 1 aliphatic rings. The highest BCUT2D eigenvalue weighted by Crippen LogP contribution is 2.34. The highest BCUT2D eigenvalue weighted by molar-refractivity contribution is 7.22. The standard InChI is InChI=1S/C26H31N5O2S/c1-5-16-27-24(18(2)31-17-8-11-23(31)26(3,4)30-32)33-20-14-12-19(13-15-20)28-25-29-21-9-6-7-10-22(21)34-25/h6-7,9-10,12-16,23H,5,8,11,17H2,1-4H3,(H,28,29)/b24-18-,27-16?. The van der Waals surface area contributed by atoms with Crippen LogP contribution in [0.2, 0.25) is 0 Å². The van der Waals surface area contributed by atoms with Crippen LogP contribution in [0.25, 0.3) is 10.2 Å². The van der Waals surface area contributed by atoms with Gasteiger partial charge in [0, 0.05) is 18.4 Å². The van der Waals surface area contributed by atoms with Crippen molar-refractivity contribution in [2.75, 3.05) is 11.9 Å². The van der Waals surface area contributed by atoms with E-state index in [1.54, 1.807) is 11.3 Å². The van der Waals surface area contributed by atoms with Crippen LogP contribution in [0.4, 0.5) is 10.8 Å². The number of nitrogens with one attached hydrogen (secondary N) is 1. The molecule has 1 N–H and O–H groups in total. The molecule has 3 aromatic rings. The first-order valence-corrected chi connectivity index (χ1v) is 12.5. The summed E-state index contributed by atoms with van der Waals surface area (Å²) in [5, 5.41) is 7.61. The van der Waals surface area contributed by atoms with Gasteiger partial charge in [-0.25, -0.2) is 9.98 Å². The fraction of sp³-hybridized carbons (Fsp3) is 0.385. The van der Waals surface area contributed by atoms with Crippen LogP contribution >= 0.6 is 11.3 Å². The molecule has 0 bridgehead atoms. The second-order valence-electron chi connectivity index (χ2n) is 8.95. The molecule has 0 amide bonds. The molecular weight excluding hydrogens is 446 g/mol. The minimum Gasteiger partial charge on any atom is -0.437 e. The molecule has 1 aromatic heterocycles. The predicted octanol–water partition coefficient (Wildman–Crippen LogP) is 7.10. The maximum atomic E-state index is 11.5. The van der Waals surface area contributed by atoms with E-state index in [0.29, 0.717) is 11.6 Å². The molecule has 1 unspecified atom stereocenters. The van der Waals surface area contributed by atoms with Crippen molar-refractivity contribution in [2.45, 2.75) is 58.5 Å². The van der Waals surface area contributed by atoms with Crippen LogP contribution in [0.15, 0.2) is 70.3 Å². The first-order valence-electron chi connectivity index (χ1n) is 11.7. The van der Waals surface area contributed by atoms with Crippen molar-refractivity contribution in [1.82, 2.24) is 9.88 Å². The topological polar surface area (TPSA) is 79.2 Å². The van der Waals surface area contributed by atoms with Crippen LogP contribution in [0.1, 0.15) is 47.0 Å². The molecule has 1 saturated heterocycles. The first kappa shape index (κ1) is 23.9. The van der Waals surface area contributed by atoms with E-state index in [-0.39, 0.29) is 6.04 Å². The van der Waals surface area contributed by atoms with Crippen LogP contribution in [0.3, 0.4) is 0 Å². The summed E-state index contributed by atoms with van der Waals surface area (Å²) in [4.78, 5) is 22.9. The largest absolute Gasteiger partial charge is 0.437 e. The van der Waals surface area contributed by atoms with Crippen molar-refractivity contribution in [3.8, 4) is 5.75 Å². The van der Waals surface area contributed by atoms with Gasteiger partial charge < -0.3 is 15.0 Å². The van der Waals surface area contributed by atoms with Gasteiger partial charge in [0.2, 0.25) is 5.88 Å². The lowest BCUT2D eigenvalue weighted by Crippen LogP contribution is -2.43. The number of anilines is 2. The van der Waals surface area contributed by atoms with E-state index in [1.165, 1.54) is 0 Å². The van der Waals surface area contributed by atoms with Crippen molar-refractivity contribution in [1.29, 1.82) is 0 Å². The van der Waals surface area contributed by atoms with E-state index in [0.717, 1.165) is 52.5 Å². The zero-order valence-corrected chi connectivity index (χ0v) is 20.9. The number of fused-ring (bicyclic) bond motifs is 1. The van der Waals surface area contributed by atoms with Gasteiger partial charge in [0.1, 0.15) is 11.3 Å². The molecule has 0 saturated carbocycles. The Balaban J connectivity index is 1.52. The second-order valence-corrected chi connectivity index (χ2v) is 9.98. The molecule has 1 atom stereocenters. The predicted molar refractivity (Wildman–Crippen MR) is 141 cm³/mol. The van der Waals surface area contributed by atoms with Gasteiger partial charge in [-0.2, -0.15) is 4.91 Å². The van der Waals surface area contributed by atoms with Crippen molar-refractivity contribution in [2.24, 2.45) is 10.2 Å². The number of hydrogen-bond donors (Lipinski definition) is 1. The van der Waals surface area contributed by atoms with E-state index < -0.39 is 5.54 Å². The summed E-state index contributed by atoms with van der Waals surface area (Å²) in [6, 6.07) is 15.9. The lowest BCUT2D eigenvalue weighted by Gasteiger charge is -2.34. The van der Waals surface area contributed by atoms with Gasteiger partial charge in [-0.15, -0.1) is 0 Å². The van der Waals surface area contributed by atoms with Crippen molar-refractivity contribution in [3.63, 3.8) is 0 Å². The Bertz CT molecular complexity index is 1170. The number of hydrogen-bond acceptors (Lipinski definition) is 8. The average molecular weight is 478 g/mol. The van der Waals surface area contributed by atoms with Crippen LogP contribution in [0, 0.1) is 4.91 Å². The molecule has 34 heavy (non-hydrogen) atoms. The van der Waals surface area contributed by atoms with E-state index in [4.69, 9.17) is 4.74 Å². The Morgan fingerprint density at radius 2 is 2.03 bits per heavy atom. The zero-order chi connectivity index (χ0) is 24.1. The molecule has 2 aromatic carbocycles. The Morgan fingerprint density at radius 1 is 1.26 bits per heavy atom. The lowest BCUT2D eigenvalue weighted by atomic mass is 9.93. The number of allylic oxidation sites excluding steroid dienone is 1. The first-order chi connectivity index (χ1) is 16.4. The second kappa shape index (κ2) is 10.3. The third kappa shape index (κ3) is 5.28. The molecular formula is C26H31N5O2S. The molecule has 1 fully saturated rings. The highest BCUT2D eigenvalue weighted by Gasteiger charge is 2.39. The van der Waals surface area contributed by atoms with E-state index in [1.807, 2.05) is 76.4 Å². The van der Waals surface area contributed by atoms with Gasteiger partial charge >= 0.3 is 0 Å².